The van der Waals surface area contributed by atoms with Gasteiger partial charge in [0, 0.05) is 19.5 Å². The van der Waals surface area contributed by atoms with Crippen molar-refractivity contribution < 1.29 is 24.2 Å². The van der Waals surface area contributed by atoms with Crippen molar-refractivity contribution in [2.24, 2.45) is 0 Å². The Bertz CT molecular complexity index is 627. The molecule has 1 aromatic rings. The minimum Gasteiger partial charge on any atom is -0.481 e. The number of nitrogens with one attached hydrogen (secondary N) is 1. The normalized spacial score (nSPS) is 15.6. The van der Waals surface area contributed by atoms with Crippen LogP contribution in [-0.4, -0.2) is 41.6 Å². The van der Waals surface area contributed by atoms with Crippen LogP contribution in [0.3, 0.4) is 0 Å². The predicted octanol–water partition coefficient (Wildman–Crippen LogP) is 1.17. The Morgan fingerprint density at radius 3 is 2.65 bits per heavy atom. The highest BCUT2D eigenvalue weighted by Gasteiger charge is 2.40. The number of carboxylic acids is 1. The summed E-state index contributed by atoms with van der Waals surface area (Å²) in [5.74, 6) is -0.872. The third kappa shape index (κ3) is 4.00. The number of carbonyl (C=O) groups is 3. The van der Waals surface area contributed by atoms with E-state index in [0.29, 0.717) is 11.4 Å². The van der Waals surface area contributed by atoms with Crippen molar-refractivity contribution in [1.29, 1.82) is 0 Å². The molecule has 0 spiro atoms. The molecule has 2 rings (SSSR count). The zero-order valence-corrected chi connectivity index (χ0v) is 13.2. The second-order valence-electron chi connectivity index (χ2n) is 5.78. The number of benzene rings is 1. The molecule has 124 valence electrons. The molecule has 2 amide bonds. The van der Waals surface area contributed by atoms with Crippen LogP contribution in [0, 0.1) is 0 Å². The fourth-order valence-electron chi connectivity index (χ4n) is 2.35. The van der Waals surface area contributed by atoms with Gasteiger partial charge in [-0.25, -0.2) is 0 Å². The van der Waals surface area contributed by atoms with E-state index in [1.807, 2.05) is 6.07 Å². The summed E-state index contributed by atoms with van der Waals surface area (Å²) in [5.41, 5.74) is -0.358. The second kappa shape index (κ2) is 6.68. The Balaban J connectivity index is 2.02. The van der Waals surface area contributed by atoms with Crippen molar-refractivity contribution in [3.05, 3.63) is 24.3 Å². The molecule has 1 aromatic carbocycles. The van der Waals surface area contributed by atoms with Crippen LogP contribution in [0.1, 0.15) is 26.7 Å². The van der Waals surface area contributed by atoms with Crippen LogP contribution in [-0.2, 0) is 14.4 Å². The summed E-state index contributed by atoms with van der Waals surface area (Å²) in [6.45, 7) is 3.66. The molecule has 0 atom stereocenters. The monoisotopic (exact) mass is 320 g/mol. The van der Waals surface area contributed by atoms with E-state index in [1.165, 1.54) is 4.90 Å². The molecule has 0 bridgehead atoms. The number of ether oxygens (including phenoxy) is 1. The molecule has 1 heterocycles. The first-order valence-corrected chi connectivity index (χ1v) is 7.40. The third-order valence-corrected chi connectivity index (χ3v) is 3.50. The van der Waals surface area contributed by atoms with Crippen LogP contribution in [0.4, 0.5) is 5.69 Å². The number of fused-ring (bicyclic) bond motifs is 1. The lowest BCUT2D eigenvalue weighted by molar-refractivity contribution is -0.137. The highest BCUT2D eigenvalue weighted by atomic mass is 16.5. The van der Waals surface area contributed by atoms with E-state index in [4.69, 9.17) is 9.84 Å². The largest absolute Gasteiger partial charge is 0.481 e. The summed E-state index contributed by atoms with van der Waals surface area (Å²) in [6.07, 6.45) is -0.0339. The maximum atomic E-state index is 12.5. The molecule has 1 aliphatic rings. The molecule has 23 heavy (non-hydrogen) atoms. The van der Waals surface area contributed by atoms with Gasteiger partial charge in [0.1, 0.15) is 5.75 Å². The predicted molar refractivity (Wildman–Crippen MR) is 83.4 cm³/mol. The van der Waals surface area contributed by atoms with Crippen molar-refractivity contribution in [3.8, 4) is 5.75 Å². The smallest absolute Gasteiger partial charge is 0.305 e. The SMILES string of the molecule is CC1(C)Oc2ccccc2N(CCC(=O)NCCC(=O)O)C1=O. The van der Waals surface area contributed by atoms with E-state index in [1.54, 1.807) is 32.0 Å². The first-order chi connectivity index (χ1) is 10.8. The molecule has 1 aliphatic heterocycles. The first-order valence-electron chi connectivity index (χ1n) is 7.40. The van der Waals surface area contributed by atoms with E-state index < -0.39 is 11.6 Å². The summed E-state index contributed by atoms with van der Waals surface area (Å²) < 4.78 is 5.70. The fraction of sp³-hybridized carbons (Fsp3) is 0.438. The van der Waals surface area contributed by atoms with Crippen LogP contribution in [0.25, 0.3) is 0 Å². The quantitative estimate of drug-likeness (QED) is 0.820. The third-order valence-electron chi connectivity index (χ3n) is 3.50. The highest BCUT2D eigenvalue weighted by molar-refractivity contribution is 6.02. The molecule has 0 unspecified atom stereocenters. The number of carbonyl (C=O) groups excluding carboxylic acids is 2. The molecule has 0 saturated heterocycles. The van der Waals surface area contributed by atoms with Gasteiger partial charge in [0.25, 0.3) is 5.91 Å². The van der Waals surface area contributed by atoms with Crippen LogP contribution >= 0.6 is 0 Å². The number of anilines is 1. The lowest BCUT2D eigenvalue weighted by atomic mass is 10.0. The maximum absolute atomic E-state index is 12.5. The first kappa shape index (κ1) is 16.8. The average molecular weight is 320 g/mol. The van der Waals surface area contributed by atoms with E-state index in [2.05, 4.69) is 5.32 Å². The van der Waals surface area contributed by atoms with E-state index in [0.717, 1.165) is 0 Å². The summed E-state index contributed by atoms with van der Waals surface area (Å²) in [7, 11) is 0. The standard InChI is InChI=1S/C16H20N2O5/c1-16(2)15(22)18(11-5-3-4-6-12(11)23-16)10-8-13(19)17-9-7-14(20)21/h3-6H,7-10H2,1-2H3,(H,17,19)(H,20,21). The highest BCUT2D eigenvalue weighted by Crippen LogP contribution is 2.37. The number of nitrogens with zero attached hydrogens (tertiary/aromatic N) is 1. The Hall–Kier alpha value is -2.57. The van der Waals surface area contributed by atoms with Gasteiger partial charge in [-0.2, -0.15) is 0 Å². The topological polar surface area (TPSA) is 95.9 Å². The molecular formula is C16H20N2O5. The maximum Gasteiger partial charge on any atom is 0.305 e. The summed E-state index contributed by atoms with van der Waals surface area (Å²) in [6, 6.07) is 7.17. The molecule has 0 aliphatic carbocycles. The van der Waals surface area contributed by atoms with Gasteiger partial charge in [0.2, 0.25) is 5.91 Å². The number of hydrogen-bond donors (Lipinski definition) is 2. The molecule has 2 N–H and O–H groups in total. The molecule has 0 saturated carbocycles. The number of amides is 2. The second-order valence-corrected chi connectivity index (χ2v) is 5.78. The number of carboxylic acid groups (broad SMARTS) is 1. The Kier molecular flexibility index (Phi) is 4.88. The van der Waals surface area contributed by atoms with Gasteiger partial charge in [0.15, 0.2) is 5.60 Å². The number of hydrogen-bond acceptors (Lipinski definition) is 4. The van der Waals surface area contributed by atoms with Crippen LogP contribution in [0.5, 0.6) is 5.75 Å². The molecule has 0 fully saturated rings. The summed E-state index contributed by atoms with van der Waals surface area (Å²) in [4.78, 5) is 36.2. The van der Waals surface area contributed by atoms with E-state index in [-0.39, 0.29) is 37.7 Å². The Morgan fingerprint density at radius 2 is 1.96 bits per heavy atom. The van der Waals surface area contributed by atoms with Gasteiger partial charge < -0.3 is 20.1 Å². The Labute approximate surface area is 134 Å². The lowest BCUT2D eigenvalue weighted by Gasteiger charge is -2.38. The van der Waals surface area contributed by atoms with Crippen molar-refractivity contribution in [3.63, 3.8) is 0 Å². The zero-order valence-electron chi connectivity index (χ0n) is 13.2. The zero-order chi connectivity index (χ0) is 17.0. The Morgan fingerprint density at radius 1 is 1.26 bits per heavy atom. The molecular weight excluding hydrogens is 300 g/mol. The minimum atomic E-state index is -0.992. The summed E-state index contributed by atoms with van der Waals surface area (Å²) >= 11 is 0. The molecule has 0 radical (unpaired) electrons. The fourth-order valence-corrected chi connectivity index (χ4v) is 2.35. The van der Waals surface area contributed by atoms with Crippen molar-refractivity contribution in [2.75, 3.05) is 18.0 Å². The van der Waals surface area contributed by atoms with E-state index in [9.17, 15) is 14.4 Å². The summed E-state index contributed by atoms with van der Waals surface area (Å²) in [5, 5.41) is 11.1. The van der Waals surface area contributed by atoms with Gasteiger partial charge in [0.05, 0.1) is 12.1 Å². The van der Waals surface area contributed by atoms with Gasteiger partial charge >= 0.3 is 5.97 Å². The van der Waals surface area contributed by atoms with Crippen molar-refractivity contribution in [1.82, 2.24) is 5.32 Å². The lowest BCUT2D eigenvalue weighted by Crippen LogP contribution is -2.53. The molecule has 7 heteroatoms. The molecule has 7 nitrogen and oxygen atoms in total. The van der Waals surface area contributed by atoms with Crippen LogP contribution < -0.4 is 15.0 Å². The minimum absolute atomic E-state index is 0.0767. The number of aliphatic carboxylic acids is 1. The average Bonchev–Trinajstić information content (AvgIpc) is 2.47. The number of rotatable bonds is 6. The number of para-hydroxylation sites is 2. The van der Waals surface area contributed by atoms with Gasteiger partial charge in [-0.15, -0.1) is 0 Å². The van der Waals surface area contributed by atoms with Crippen LogP contribution in [0.15, 0.2) is 24.3 Å². The van der Waals surface area contributed by atoms with Gasteiger partial charge in [-0.3, -0.25) is 14.4 Å². The van der Waals surface area contributed by atoms with Crippen molar-refractivity contribution in [2.45, 2.75) is 32.3 Å². The van der Waals surface area contributed by atoms with Gasteiger partial charge in [-0.1, -0.05) is 12.1 Å². The van der Waals surface area contributed by atoms with Crippen LogP contribution in [0.2, 0.25) is 0 Å². The van der Waals surface area contributed by atoms with Crippen molar-refractivity contribution >= 4 is 23.5 Å². The molecule has 0 aromatic heterocycles. The van der Waals surface area contributed by atoms with E-state index >= 15 is 0 Å². The van der Waals surface area contributed by atoms with Gasteiger partial charge in [-0.05, 0) is 26.0 Å².